The van der Waals surface area contributed by atoms with Gasteiger partial charge in [0.15, 0.2) is 0 Å². The second-order valence-corrected chi connectivity index (χ2v) is 7.14. The summed E-state index contributed by atoms with van der Waals surface area (Å²) >= 11 is 0. The van der Waals surface area contributed by atoms with Gasteiger partial charge >= 0.3 is 0 Å². The molecule has 0 saturated carbocycles. The summed E-state index contributed by atoms with van der Waals surface area (Å²) in [5.41, 5.74) is 2.45. The fourth-order valence-corrected chi connectivity index (χ4v) is 3.09. The lowest BCUT2D eigenvalue weighted by atomic mass is 10.3. The van der Waals surface area contributed by atoms with Gasteiger partial charge in [-0.1, -0.05) is 11.3 Å². The Morgan fingerprint density at radius 1 is 1.32 bits per heavy atom. The van der Waals surface area contributed by atoms with Crippen molar-refractivity contribution in [2.24, 2.45) is 0 Å². The van der Waals surface area contributed by atoms with E-state index in [1.165, 1.54) is 10.6 Å². The first kappa shape index (κ1) is 15.1. The van der Waals surface area contributed by atoms with Crippen molar-refractivity contribution in [3.05, 3.63) is 41.5 Å². The van der Waals surface area contributed by atoms with Gasteiger partial charge in [-0.2, -0.15) is 4.31 Å². The summed E-state index contributed by atoms with van der Waals surface area (Å²) in [4.78, 5) is 4.02. The molecule has 2 aromatic rings. The Labute approximate surface area is 128 Å². The van der Waals surface area contributed by atoms with Crippen LogP contribution in [0.2, 0.25) is 0 Å². The molecule has 0 saturated heterocycles. The largest absolute Gasteiger partial charge is 0.370 e. The van der Waals surface area contributed by atoms with Crippen LogP contribution < -0.4 is 0 Å². The molecule has 118 valence electrons. The number of hydrogen-bond donors (Lipinski definition) is 0. The molecule has 1 aliphatic rings. The van der Waals surface area contributed by atoms with Crippen LogP contribution in [0.15, 0.2) is 24.5 Å². The van der Waals surface area contributed by atoms with Crippen molar-refractivity contribution in [3.8, 4) is 0 Å². The van der Waals surface area contributed by atoms with Crippen LogP contribution in [0, 0.1) is 0 Å². The predicted octanol–water partition coefficient (Wildman–Crippen LogP) is 0.165. The molecule has 3 heterocycles. The van der Waals surface area contributed by atoms with Crippen LogP contribution in [0.5, 0.6) is 0 Å². The van der Waals surface area contributed by atoms with Gasteiger partial charge in [-0.15, -0.1) is 5.10 Å². The van der Waals surface area contributed by atoms with Crippen molar-refractivity contribution in [1.82, 2.24) is 24.3 Å². The highest BCUT2D eigenvalue weighted by molar-refractivity contribution is 7.88. The van der Waals surface area contributed by atoms with Crippen LogP contribution in [0.1, 0.15) is 17.0 Å². The van der Waals surface area contributed by atoms with Gasteiger partial charge in [0.2, 0.25) is 10.0 Å². The van der Waals surface area contributed by atoms with Gasteiger partial charge in [-0.3, -0.25) is 4.98 Å². The third-order valence-electron chi connectivity index (χ3n) is 3.50. The summed E-state index contributed by atoms with van der Waals surface area (Å²) in [6, 6.07) is 3.78. The van der Waals surface area contributed by atoms with Gasteiger partial charge in [0.1, 0.15) is 5.69 Å². The molecule has 0 spiro atoms. The third-order valence-corrected chi connectivity index (χ3v) is 4.75. The SMILES string of the molecule is CS(=O)(=O)N1CCn2nnc(COCc3cccnc3)c2C1. The van der Waals surface area contributed by atoms with Crippen LogP contribution >= 0.6 is 0 Å². The highest BCUT2D eigenvalue weighted by atomic mass is 32.2. The highest BCUT2D eigenvalue weighted by Crippen LogP contribution is 2.17. The Morgan fingerprint density at radius 3 is 2.91 bits per heavy atom. The van der Waals surface area contributed by atoms with E-state index in [0.717, 1.165) is 11.3 Å². The second kappa shape index (κ2) is 6.11. The van der Waals surface area contributed by atoms with Gasteiger partial charge in [0, 0.05) is 18.9 Å². The van der Waals surface area contributed by atoms with E-state index in [2.05, 4.69) is 15.3 Å². The number of hydrogen-bond acceptors (Lipinski definition) is 6. The van der Waals surface area contributed by atoms with Crippen LogP contribution in [0.4, 0.5) is 0 Å². The number of sulfonamides is 1. The van der Waals surface area contributed by atoms with Crippen molar-refractivity contribution >= 4 is 10.0 Å². The highest BCUT2D eigenvalue weighted by Gasteiger charge is 2.26. The zero-order chi connectivity index (χ0) is 15.6. The van der Waals surface area contributed by atoms with E-state index in [0.29, 0.717) is 32.0 Å². The molecule has 22 heavy (non-hydrogen) atoms. The number of rotatable bonds is 5. The smallest absolute Gasteiger partial charge is 0.211 e. The number of nitrogens with zero attached hydrogens (tertiary/aromatic N) is 5. The molecular formula is C13H17N5O3S. The van der Waals surface area contributed by atoms with Gasteiger partial charge < -0.3 is 4.74 Å². The van der Waals surface area contributed by atoms with Crippen LogP contribution in [-0.4, -0.2) is 45.5 Å². The summed E-state index contributed by atoms with van der Waals surface area (Å²) in [7, 11) is -3.21. The van der Waals surface area contributed by atoms with Crippen LogP contribution in [-0.2, 0) is 41.1 Å². The number of pyridine rings is 1. The molecule has 0 N–H and O–H groups in total. The molecule has 0 amide bonds. The maximum Gasteiger partial charge on any atom is 0.211 e. The minimum Gasteiger partial charge on any atom is -0.370 e. The summed E-state index contributed by atoms with van der Waals surface area (Å²) < 4.78 is 32.1. The van der Waals surface area contributed by atoms with Gasteiger partial charge in [0.25, 0.3) is 0 Å². The standard InChI is InChI=1S/C13H17N5O3S/c1-22(19,20)17-5-6-18-13(8-17)12(15-16-18)10-21-9-11-3-2-4-14-7-11/h2-4,7H,5-6,8-10H2,1H3. The average molecular weight is 323 g/mol. The molecule has 8 nitrogen and oxygen atoms in total. The molecule has 2 aromatic heterocycles. The Hall–Kier alpha value is -1.84. The maximum atomic E-state index is 11.7. The number of aromatic nitrogens is 4. The minimum atomic E-state index is -3.21. The summed E-state index contributed by atoms with van der Waals surface area (Å²) in [5.74, 6) is 0. The lowest BCUT2D eigenvalue weighted by Gasteiger charge is -2.25. The molecule has 0 bridgehead atoms. The van der Waals surface area contributed by atoms with Gasteiger partial charge in [-0.25, -0.2) is 13.1 Å². The minimum absolute atomic E-state index is 0.289. The van der Waals surface area contributed by atoms with Crippen LogP contribution in [0.3, 0.4) is 0 Å². The Bertz CT molecular complexity index is 744. The fraction of sp³-hybridized carbons (Fsp3) is 0.462. The zero-order valence-electron chi connectivity index (χ0n) is 12.2. The monoisotopic (exact) mass is 323 g/mol. The molecule has 9 heteroatoms. The van der Waals surface area contributed by atoms with Gasteiger partial charge in [-0.05, 0) is 11.6 Å². The predicted molar refractivity (Wildman–Crippen MR) is 78.0 cm³/mol. The molecule has 0 fully saturated rings. The van der Waals surface area contributed by atoms with Crippen molar-refractivity contribution in [3.63, 3.8) is 0 Å². The molecule has 0 atom stereocenters. The topological polar surface area (TPSA) is 90.2 Å². The third kappa shape index (κ3) is 3.32. The number of fused-ring (bicyclic) bond motifs is 1. The van der Waals surface area contributed by atoms with E-state index in [1.54, 1.807) is 17.1 Å². The molecule has 0 radical (unpaired) electrons. The van der Waals surface area contributed by atoms with Crippen molar-refractivity contribution in [2.45, 2.75) is 26.3 Å². The number of ether oxygens (including phenoxy) is 1. The summed E-state index contributed by atoms with van der Waals surface area (Å²) in [5, 5.41) is 8.15. The van der Waals surface area contributed by atoms with E-state index >= 15 is 0 Å². The Kier molecular flexibility index (Phi) is 4.19. The maximum absolute atomic E-state index is 11.7. The van der Waals surface area contributed by atoms with Crippen LogP contribution in [0.25, 0.3) is 0 Å². The first-order valence-electron chi connectivity index (χ1n) is 6.87. The van der Waals surface area contributed by atoms with Crippen molar-refractivity contribution in [2.75, 3.05) is 12.8 Å². The Balaban J connectivity index is 1.65. The lowest BCUT2D eigenvalue weighted by molar-refractivity contribution is 0.103. The van der Waals surface area contributed by atoms with E-state index < -0.39 is 10.0 Å². The Morgan fingerprint density at radius 2 is 2.18 bits per heavy atom. The quantitative estimate of drug-likeness (QED) is 0.779. The van der Waals surface area contributed by atoms with Crippen molar-refractivity contribution < 1.29 is 13.2 Å². The molecule has 0 aromatic carbocycles. The summed E-state index contributed by atoms with van der Waals surface area (Å²) in [6.45, 7) is 1.94. The molecular weight excluding hydrogens is 306 g/mol. The van der Waals surface area contributed by atoms with E-state index in [9.17, 15) is 8.42 Å². The first-order chi connectivity index (χ1) is 10.5. The molecule has 0 aliphatic carbocycles. The normalized spacial score (nSPS) is 15.7. The van der Waals surface area contributed by atoms with Gasteiger partial charge in [0.05, 0.1) is 38.3 Å². The lowest BCUT2D eigenvalue weighted by Crippen LogP contribution is -2.38. The second-order valence-electron chi connectivity index (χ2n) is 5.16. The van der Waals surface area contributed by atoms with Crippen molar-refractivity contribution in [1.29, 1.82) is 0 Å². The fourth-order valence-electron chi connectivity index (χ4n) is 2.32. The first-order valence-corrected chi connectivity index (χ1v) is 8.72. The molecule has 3 rings (SSSR count). The van der Waals surface area contributed by atoms with E-state index in [1.807, 2.05) is 12.1 Å². The molecule has 0 unspecified atom stereocenters. The molecule has 1 aliphatic heterocycles. The zero-order valence-corrected chi connectivity index (χ0v) is 13.0. The summed E-state index contributed by atoms with van der Waals surface area (Å²) in [6.07, 6.45) is 4.66. The van der Waals surface area contributed by atoms with E-state index in [4.69, 9.17) is 4.74 Å². The average Bonchev–Trinajstić information content (AvgIpc) is 2.90. The van der Waals surface area contributed by atoms with E-state index in [-0.39, 0.29) is 6.54 Å².